The van der Waals surface area contributed by atoms with Gasteiger partial charge in [0, 0.05) is 51.2 Å². The van der Waals surface area contributed by atoms with Crippen molar-refractivity contribution in [2.24, 2.45) is 7.05 Å². The first-order chi connectivity index (χ1) is 13.7. The summed E-state index contributed by atoms with van der Waals surface area (Å²) in [4.78, 5) is 22.9. The van der Waals surface area contributed by atoms with Crippen LogP contribution in [-0.4, -0.2) is 63.5 Å². The quantitative estimate of drug-likeness (QED) is 0.789. The Bertz CT molecular complexity index is 621. The SMILES string of the molecule is Cl.Cn1ccnc1C1CNCCN1CC(=O)N(C1CCCCC1)C1CCCCC1. The van der Waals surface area contributed by atoms with E-state index in [2.05, 4.69) is 24.7 Å². The first-order valence-corrected chi connectivity index (χ1v) is 11.5. The number of amides is 1. The number of halogens is 1. The van der Waals surface area contributed by atoms with E-state index < -0.39 is 0 Å². The summed E-state index contributed by atoms with van der Waals surface area (Å²) < 4.78 is 2.09. The van der Waals surface area contributed by atoms with Gasteiger partial charge >= 0.3 is 0 Å². The summed E-state index contributed by atoms with van der Waals surface area (Å²) in [5.74, 6) is 1.42. The minimum Gasteiger partial charge on any atom is -0.337 e. The van der Waals surface area contributed by atoms with Crippen LogP contribution in [0.4, 0.5) is 0 Å². The third kappa shape index (κ3) is 5.33. The highest BCUT2D eigenvalue weighted by Gasteiger charge is 2.35. The zero-order chi connectivity index (χ0) is 19.3. The minimum absolute atomic E-state index is 0. The van der Waals surface area contributed by atoms with Gasteiger partial charge in [0.15, 0.2) is 0 Å². The second-order valence-corrected chi connectivity index (χ2v) is 8.97. The number of nitrogens with zero attached hydrogens (tertiary/aromatic N) is 4. The van der Waals surface area contributed by atoms with E-state index in [4.69, 9.17) is 0 Å². The molecule has 1 atom stereocenters. The lowest BCUT2D eigenvalue weighted by Gasteiger charge is -2.43. The molecule has 3 aliphatic rings. The largest absolute Gasteiger partial charge is 0.337 e. The van der Waals surface area contributed by atoms with Crippen LogP contribution in [0.3, 0.4) is 0 Å². The van der Waals surface area contributed by atoms with E-state index in [1.807, 2.05) is 19.4 Å². The molecule has 29 heavy (non-hydrogen) atoms. The molecule has 0 aromatic carbocycles. The van der Waals surface area contributed by atoms with Crippen molar-refractivity contribution in [1.29, 1.82) is 0 Å². The molecule has 7 heteroatoms. The van der Waals surface area contributed by atoms with Gasteiger partial charge in [-0.1, -0.05) is 38.5 Å². The average Bonchev–Trinajstić information content (AvgIpc) is 3.16. The van der Waals surface area contributed by atoms with Crippen molar-refractivity contribution in [2.75, 3.05) is 26.2 Å². The zero-order valence-corrected chi connectivity index (χ0v) is 18.7. The van der Waals surface area contributed by atoms with E-state index in [1.54, 1.807) is 0 Å². The number of hydrogen-bond acceptors (Lipinski definition) is 4. The lowest BCUT2D eigenvalue weighted by molar-refractivity contribution is -0.140. The monoisotopic (exact) mass is 423 g/mol. The summed E-state index contributed by atoms with van der Waals surface area (Å²) in [6.45, 7) is 3.25. The fourth-order valence-electron chi connectivity index (χ4n) is 5.57. The maximum absolute atomic E-state index is 13.6. The van der Waals surface area contributed by atoms with E-state index in [0.29, 0.717) is 24.5 Å². The molecular weight excluding hydrogens is 386 g/mol. The summed E-state index contributed by atoms with van der Waals surface area (Å²) in [6.07, 6.45) is 16.5. The van der Waals surface area contributed by atoms with Crippen molar-refractivity contribution in [2.45, 2.75) is 82.3 Å². The maximum Gasteiger partial charge on any atom is 0.237 e. The number of hydrogen-bond donors (Lipinski definition) is 1. The Morgan fingerprint density at radius 2 is 1.72 bits per heavy atom. The molecule has 3 fully saturated rings. The Hall–Kier alpha value is -1.11. The molecule has 2 saturated carbocycles. The molecule has 1 aromatic heterocycles. The average molecular weight is 424 g/mol. The molecule has 1 unspecified atom stereocenters. The van der Waals surface area contributed by atoms with E-state index in [-0.39, 0.29) is 18.4 Å². The molecule has 164 valence electrons. The van der Waals surface area contributed by atoms with E-state index in [1.165, 1.54) is 64.2 Å². The normalized spacial score (nSPS) is 24.8. The molecule has 1 aromatic rings. The molecule has 2 aliphatic carbocycles. The van der Waals surface area contributed by atoms with Crippen LogP contribution in [0.5, 0.6) is 0 Å². The van der Waals surface area contributed by atoms with Crippen molar-refractivity contribution in [3.05, 3.63) is 18.2 Å². The smallest absolute Gasteiger partial charge is 0.237 e. The molecule has 1 N–H and O–H groups in total. The Morgan fingerprint density at radius 3 is 2.28 bits per heavy atom. The zero-order valence-electron chi connectivity index (χ0n) is 17.9. The van der Waals surface area contributed by atoms with Crippen LogP contribution in [0.2, 0.25) is 0 Å². The van der Waals surface area contributed by atoms with Crippen LogP contribution in [0, 0.1) is 0 Å². The first-order valence-electron chi connectivity index (χ1n) is 11.5. The molecule has 0 spiro atoms. The second-order valence-electron chi connectivity index (χ2n) is 8.97. The fraction of sp³-hybridized carbons (Fsp3) is 0.818. The van der Waals surface area contributed by atoms with Crippen molar-refractivity contribution in [1.82, 2.24) is 24.7 Å². The molecule has 6 nitrogen and oxygen atoms in total. The van der Waals surface area contributed by atoms with Crippen molar-refractivity contribution in [3.8, 4) is 0 Å². The highest BCUT2D eigenvalue weighted by atomic mass is 35.5. The highest BCUT2D eigenvalue weighted by Crippen LogP contribution is 2.31. The lowest BCUT2D eigenvalue weighted by atomic mass is 9.88. The van der Waals surface area contributed by atoms with Crippen LogP contribution in [0.25, 0.3) is 0 Å². The number of carbonyl (C=O) groups excluding carboxylic acids is 1. The molecule has 0 bridgehead atoms. The van der Waals surface area contributed by atoms with Gasteiger partial charge in [-0.05, 0) is 25.7 Å². The van der Waals surface area contributed by atoms with E-state index >= 15 is 0 Å². The first kappa shape index (κ1) is 22.6. The van der Waals surface area contributed by atoms with E-state index in [0.717, 1.165) is 25.5 Å². The predicted molar refractivity (Wildman–Crippen MR) is 118 cm³/mol. The standard InChI is InChI=1S/C22H37N5O.ClH/c1-25-14-13-24-22(25)20-16-23-12-15-26(20)17-21(28)27(18-8-4-2-5-9-18)19-10-6-3-7-11-19;/h13-14,18-20,23H,2-12,15-17H2,1H3;1H. The predicted octanol–water partition coefficient (Wildman–Crippen LogP) is 3.28. The fourth-order valence-corrected chi connectivity index (χ4v) is 5.57. The second kappa shape index (κ2) is 10.8. The molecule has 4 rings (SSSR count). The Balaban J connectivity index is 0.00000240. The number of aryl methyl sites for hydroxylation is 1. The van der Waals surface area contributed by atoms with Crippen LogP contribution >= 0.6 is 12.4 Å². The summed E-state index contributed by atoms with van der Waals surface area (Å²) in [7, 11) is 2.05. The van der Waals surface area contributed by atoms with Crippen LogP contribution in [0.15, 0.2) is 12.4 Å². The summed E-state index contributed by atoms with van der Waals surface area (Å²) >= 11 is 0. The third-order valence-electron chi connectivity index (χ3n) is 7.07. The van der Waals surface area contributed by atoms with Gasteiger partial charge in [-0.2, -0.15) is 0 Å². The van der Waals surface area contributed by atoms with Gasteiger partial charge in [-0.15, -0.1) is 12.4 Å². The maximum atomic E-state index is 13.6. The van der Waals surface area contributed by atoms with Crippen molar-refractivity contribution >= 4 is 18.3 Å². The van der Waals surface area contributed by atoms with Gasteiger partial charge in [0.1, 0.15) is 5.82 Å². The van der Waals surface area contributed by atoms with E-state index in [9.17, 15) is 4.79 Å². The highest BCUT2D eigenvalue weighted by molar-refractivity contribution is 5.85. The van der Waals surface area contributed by atoms with Gasteiger partial charge in [0.05, 0.1) is 12.6 Å². The lowest BCUT2D eigenvalue weighted by Crippen LogP contribution is -2.55. The summed E-state index contributed by atoms with van der Waals surface area (Å²) in [6, 6.07) is 1.12. The number of nitrogens with one attached hydrogen (secondary N) is 1. The molecule has 1 saturated heterocycles. The molecule has 0 radical (unpaired) electrons. The number of carbonyl (C=O) groups is 1. The summed E-state index contributed by atoms with van der Waals surface area (Å²) in [5, 5.41) is 3.49. The van der Waals surface area contributed by atoms with Crippen LogP contribution < -0.4 is 5.32 Å². The Morgan fingerprint density at radius 1 is 1.10 bits per heavy atom. The topological polar surface area (TPSA) is 53.4 Å². The number of piperazine rings is 1. The van der Waals surface area contributed by atoms with Gasteiger partial charge in [0.25, 0.3) is 0 Å². The molecule has 1 aliphatic heterocycles. The third-order valence-corrected chi connectivity index (χ3v) is 7.07. The number of rotatable bonds is 5. The molecular formula is C22H38ClN5O. The molecule has 1 amide bonds. The van der Waals surface area contributed by atoms with Crippen molar-refractivity contribution < 1.29 is 4.79 Å². The number of imidazole rings is 1. The summed E-state index contributed by atoms with van der Waals surface area (Å²) in [5.41, 5.74) is 0. The Labute approximate surface area is 181 Å². The van der Waals surface area contributed by atoms with Gasteiger partial charge < -0.3 is 14.8 Å². The van der Waals surface area contributed by atoms with Crippen LogP contribution in [-0.2, 0) is 11.8 Å². The van der Waals surface area contributed by atoms with Crippen molar-refractivity contribution in [3.63, 3.8) is 0 Å². The minimum atomic E-state index is 0. The van der Waals surface area contributed by atoms with Gasteiger partial charge in [-0.25, -0.2) is 4.98 Å². The number of aromatic nitrogens is 2. The van der Waals surface area contributed by atoms with Gasteiger partial charge in [0.2, 0.25) is 5.91 Å². The Kier molecular flexibility index (Phi) is 8.39. The molecule has 2 heterocycles. The van der Waals surface area contributed by atoms with Gasteiger partial charge in [-0.3, -0.25) is 9.69 Å². The van der Waals surface area contributed by atoms with Crippen LogP contribution in [0.1, 0.15) is 76.1 Å².